The van der Waals surface area contributed by atoms with E-state index in [0.29, 0.717) is 31.8 Å². The van der Waals surface area contributed by atoms with E-state index in [1.807, 2.05) is 53.4 Å². The van der Waals surface area contributed by atoms with Crippen molar-refractivity contribution in [3.63, 3.8) is 0 Å². The Morgan fingerprint density at radius 2 is 1.88 bits per heavy atom. The van der Waals surface area contributed by atoms with Crippen molar-refractivity contribution >= 4 is 11.6 Å². The number of ether oxygens (including phenoxy) is 2. The van der Waals surface area contributed by atoms with Gasteiger partial charge in [0.15, 0.2) is 17.6 Å². The van der Waals surface area contributed by atoms with Gasteiger partial charge in [0.1, 0.15) is 6.61 Å². The molecule has 0 saturated heterocycles. The smallest absolute Gasteiger partial charge is 0.227 e. The van der Waals surface area contributed by atoms with E-state index in [1.54, 1.807) is 0 Å². The monoisotopic (exact) mass is 340 g/mol. The van der Waals surface area contributed by atoms with Gasteiger partial charge in [-0.2, -0.15) is 0 Å². The Balaban J connectivity index is 1.63. The van der Waals surface area contributed by atoms with Crippen molar-refractivity contribution in [3.8, 4) is 11.5 Å². The molecule has 1 unspecified atom stereocenters. The number of anilines is 1. The molecule has 2 aromatic carbocycles. The van der Waals surface area contributed by atoms with Crippen molar-refractivity contribution < 1.29 is 14.3 Å². The van der Waals surface area contributed by atoms with Gasteiger partial charge in [-0.1, -0.05) is 31.2 Å². The van der Waals surface area contributed by atoms with Crippen LogP contribution in [-0.2, 0) is 11.2 Å². The van der Waals surface area contributed by atoms with Gasteiger partial charge in [0, 0.05) is 12.2 Å². The summed E-state index contributed by atoms with van der Waals surface area (Å²) in [4.78, 5) is 14.6. The van der Waals surface area contributed by atoms with Crippen LogP contribution in [0.1, 0.15) is 18.9 Å². The van der Waals surface area contributed by atoms with Crippen LogP contribution in [0.4, 0.5) is 5.69 Å². The van der Waals surface area contributed by atoms with Crippen LogP contribution in [0.15, 0.2) is 48.5 Å². The summed E-state index contributed by atoms with van der Waals surface area (Å²) in [5, 5.41) is 0. The first-order valence-electron chi connectivity index (χ1n) is 8.66. The van der Waals surface area contributed by atoms with Gasteiger partial charge in [-0.05, 0) is 36.2 Å². The summed E-state index contributed by atoms with van der Waals surface area (Å²) < 4.78 is 11.7. The number of hydrogen-bond acceptors (Lipinski definition) is 4. The predicted molar refractivity (Wildman–Crippen MR) is 97.8 cm³/mol. The van der Waals surface area contributed by atoms with Gasteiger partial charge in [-0.3, -0.25) is 4.79 Å². The number of rotatable bonds is 6. The molecular formula is C20H24N2O3. The molecule has 0 radical (unpaired) electrons. The molecule has 132 valence electrons. The lowest BCUT2D eigenvalue weighted by Gasteiger charge is -2.31. The third-order valence-corrected chi connectivity index (χ3v) is 4.17. The Bertz CT molecular complexity index is 715. The Morgan fingerprint density at radius 3 is 2.60 bits per heavy atom. The summed E-state index contributed by atoms with van der Waals surface area (Å²) in [6, 6.07) is 15.1. The molecule has 2 N–H and O–H groups in total. The van der Waals surface area contributed by atoms with Crippen LogP contribution >= 0.6 is 0 Å². The van der Waals surface area contributed by atoms with E-state index in [-0.39, 0.29) is 12.0 Å². The van der Waals surface area contributed by atoms with Gasteiger partial charge < -0.3 is 20.1 Å². The Morgan fingerprint density at radius 1 is 1.16 bits per heavy atom. The zero-order valence-electron chi connectivity index (χ0n) is 14.5. The second-order valence-corrected chi connectivity index (χ2v) is 6.26. The Labute approximate surface area is 148 Å². The largest absolute Gasteiger partial charge is 0.486 e. The number of nitrogens with zero attached hydrogens (tertiary/aromatic N) is 1. The van der Waals surface area contributed by atoms with Crippen LogP contribution in [0.3, 0.4) is 0 Å². The number of nitrogen functional groups attached to an aromatic ring is 1. The third-order valence-electron chi connectivity index (χ3n) is 4.17. The van der Waals surface area contributed by atoms with Crippen molar-refractivity contribution in [1.29, 1.82) is 0 Å². The van der Waals surface area contributed by atoms with Crippen LogP contribution < -0.4 is 15.2 Å². The zero-order valence-corrected chi connectivity index (χ0v) is 14.5. The highest BCUT2D eigenvalue weighted by Gasteiger charge is 2.25. The first-order chi connectivity index (χ1) is 12.2. The standard InChI is InChI=1S/C20H24N2O3/c1-2-11-22(20(23)12-15-7-9-16(21)10-8-15)13-17-14-24-18-5-3-4-6-19(18)25-17/h3-10,17H,2,11-14,21H2,1H3. The minimum absolute atomic E-state index is 0.0917. The molecule has 0 saturated carbocycles. The number of fused-ring (bicyclic) bond motifs is 1. The molecule has 3 rings (SSSR count). The van der Waals surface area contributed by atoms with Crippen LogP contribution in [0.5, 0.6) is 11.5 Å². The van der Waals surface area contributed by atoms with Crippen molar-refractivity contribution in [3.05, 3.63) is 54.1 Å². The van der Waals surface area contributed by atoms with Gasteiger partial charge in [0.05, 0.1) is 13.0 Å². The molecule has 0 spiro atoms. The first kappa shape index (κ1) is 17.1. The molecule has 5 heteroatoms. The molecule has 1 heterocycles. The SMILES string of the molecule is CCCN(CC1COc2ccccc2O1)C(=O)Cc1ccc(N)cc1. The maximum atomic E-state index is 12.7. The van der Waals surface area contributed by atoms with Gasteiger partial charge in [-0.15, -0.1) is 0 Å². The van der Waals surface area contributed by atoms with Crippen LogP contribution in [0.2, 0.25) is 0 Å². The quantitative estimate of drug-likeness (QED) is 0.821. The fourth-order valence-electron chi connectivity index (χ4n) is 2.91. The predicted octanol–water partition coefficient (Wildman–Crippen LogP) is 2.89. The summed E-state index contributed by atoms with van der Waals surface area (Å²) in [7, 11) is 0. The first-order valence-corrected chi connectivity index (χ1v) is 8.66. The molecule has 5 nitrogen and oxygen atoms in total. The van der Waals surface area contributed by atoms with E-state index in [9.17, 15) is 4.79 Å². The maximum Gasteiger partial charge on any atom is 0.227 e. The third kappa shape index (κ3) is 4.44. The Hall–Kier alpha value is -2.69. The van der Waals surface area contributed by atoms with E-state index in [4.69, 9.17) is 15.2 Å². The number of amides is 1. The van der Waals surface area contributed by atoms with Gasteiger partial charge in [-0.25, -0.2) is 0 Å². The fourth-order valence-corrected chi connectivity index (χ4v) is 2.91. The van der Waals surface area contributed by atoms with E-state index >= 15 is 0 Å². The summed E-state index contributed by atoms with van der Waals surface area (Å²) in [6.45, 7) is 3.74. The molecule has 2 aromatic rings. The van der Waals surface area contributed by atoms with Crippen molar-refractivity contribution in [2.75, 3.05) is 25.4 Å². The summed E-state index contributed by atoms with van der Waals surface area (Å²) >= 11 is 0. The maximum absolute atomic E-state index is 12.7. The molecule has 0 aliphatic carbocycles. The minimum Gasteiger partial charge on any atom is -0.486 e. The van der Waals surface area contributed by atoms with Crippen molar-refractivity contribution in [2.24, 2.45) is 0 Å². The number of benzene rings is 2. The highest BCUT2D eigenvalue weighted by molar-refractivity contribution is 5.79. The molecule has 0 bridgehead atoms. The number of carbonyl (C=O) groups excluding carboxylic acids is 1. The molecule has 25 heavy (non-hydrogen) atoms. The lowest BCUT2D eigenvalue weighted by molar-refractivity contribution is -0.132. The molecule has 1 amide bonds. The molecular weight excluding hydrogens is 316 g/mol. The van der Waals surface area contributed by atoms with Gasteiger partial charge in [0.25, 0.3) is 0 Å². The van der Waals surface area contributed by atoms with E-state index in [0.717, 1.165) is 23.5 Å². The number of para-hydroxylation sites is 2. The highest BCUT2D eigenvalue weighted by atomic mass is 16.6. The van der Waals surface area contributed by atoms with E-state index in [1.165, 1.54) is 0 Å². The molecule has 1 aliphatic heterocycles. The molecule has 1 atom stereocenters. The second kappa shape index (κ2) is 7.92. The van der Waals surface area contributed by atoms with Crippen LogP contribution in [0.25, 0.3) is 0 Å². The van der Waals surface area contributed by atoms with Gasteiger partial charge in [0.2, 0.25) is 5.91 Å². The number of hydrogen-bond donors (Lipinski definition) is 1. The molecule has 0 aromatic heterocycles. The van der Waals surface area contributed by atoms with Crippen molar-refractivity contribution in [1.82, 2.24) is 4.90 Å². The number of nitrogens with two attached hydrogens (primary N) is 1. The normalized spacial score (nSPS) is 15.6. The summed E-state index contributed by atoms with van der Waals surface area (Å²) in [6.07, 6.45) is 1.11. The lowest BCUT2D eigenvalue weighted by atomic mass is 10.1. The van der Waals surface area contributed by atoms with Crippen LogP contribution in [0, 0.1) is 0 Å². The average Bonchev–Trinajstić information content (AvgIpc) is 2.63. The minimum atomic E-state index is -0.156. The second-order valence-electron chi connectivity index (χ2n) is 6.26. The van der Waals surface area contributed by atoms with E-state index in [2.05, 4.69) is 6.92 Å². The topological polar surface area (TPSA) is 64.8 Å². The summed E-state index contributed by atoms with van der Waals surface area (Å²) in [5.41, 5.74) is 7.37. The fraction of sp³-hybridized carbons (Fsp3) is 0.350. The lowest BCUT2D eigenvalue weighted by Crippen LogP contribution is -2.44. The average molecular weight is 340 g/mol. The zero-order chi connectivity index (χ0) is 17.6. The molecule has 1 aliphatic rings. The number of carbonyl (C=O) groups is 1. The Kier molecular flexibility index (Phi) is 5.43. The molecule has 0 fully saturated rings. The van der Waals surface area contributed by atoms with E-state index < -0.39 is 0 Å². The van der Waals surface area contributed by atoms with Crippen molar-refractivity contribution in [2.45, 2.75) is 25.9 Å². The van der Waals surface area contributed by atoms with Gasteiger partial charge >= 0.3 is 0 Å². The highest BCUT2D eigenvalue weighted by Crippen LogP contribution is 2.31. The summed E-state index contributed by atoms with van der Waals surface area (Å²) in [5.74, 6) is 1.59. The van der Waals surface area contributed by atoms with Crippen LogP contribution in [-0.4, -0.2) is 36.6 Å².